The summed E-state index contributed by atoms with van der Waals surface area (Å²) >= 11 is 11.0. The van der Waals surface area contributed by atoms with Crippen molar-refractivity contribution in [3.8, 4) is 11.1 Å². The largest absolute Gasteiger partial charge is 0.488 e. The number of fused-ring (bicyclic) bond motifs is 4. The highest BCUT2D eigenvalue weighted by molar-refractivity contribution is 9.11. The maximum absolute atomic E-state index is 9.36. The maximum Gasteiger partial charge on any atom is 0.488 e. The third-order valence-electron chi connectivity index (χ3n) is 14.6. The van der Waals surface area contributed by atoms with Gasteiger partial charge in [-0.25, -0.2) is 0 Å². The standard InChI is InChI=1S/C34H41Br.C20H20Br2.C14H23BO2/c1-20(2)31-28-14-12-26(35)19-30(28)32(21(3)4)27-13-11-22(17-29(27)31)23-15-24(33(5,6)7)18-25(16-23)34(8,9)10;1-11(2)19-15-7-5-14(22)10-18(15)20(12(3)4)16-8-6-13(21)9-17(16)19;1-13(2,3)10-7-11(14(4,5)6)9-12(8-10)15(16)17/h11-21H,1-10H3;5-12H,1-4H3;7-9,16-17H,1-6H3. The molecule has 0 atom stereocenters. The normalized spacial score (nSPS) is 12.6. The average Bonchev–Trinajstić information content (AvgIpc) is 3.28. The molecule has 74 heavy (non-hydrogen) atoms. The summed E-state index contributed by atoms with van der Waals surface area (Å²) in [5.74, 6) is 1.85. The summed E-state index contributed by atoms with van der Waals surface area (Å²) in [7, 11) is -1.40. The fraction of sp³-hybridized carbons (Fsp3) is 0.412. The second kappa shape index (κ2) is 22.7. The van der Waals surface area contributed by atoms with Gasteiger partial charge in [-0.05, 0) is 192 Å². The van der Waals surface area contributed by atoms with Crippen molar-refractivity contribution in [2.24, 2.45) is 0 Å². The van der Waals surface area contributed by atoms with Crippen LogP contribution >= 0.6 is 47.8 Å². The van der Waals surface area contributed by atoms with E-state index in [1.54, 1.807) is 0 Å². The average molecular weight is 1180 g/mol. The molecule has 392 valence electrons. The molecule has 2 N–H and O–H groups in total. The minimum Gasteiger partial charge on any atom is -0.423 e. The molecule has 8 rings (SSSR count). The second-order valence-electron chi connectivity index (χ2n) is 26.1. The number of hydrogen-bond acceptors (Lipinski definition) is 2. The van der Waals surface area contributed by atoms with Crippen molar-refractivity contribution in [1.82, 2.24) is 0 Å². The van der Waals surface area contributed by atoms with Gasteiger partial charge in [0.05, 0.1) is 0 Å². The molecule has 6 heteroatoms. The van der Waals surface area contributed by atoms with E-state index in [0.717, 1.165) is 24.5 Å². The molecular formula is C68H84BBr3O2. The van der Waals surface area contributed by atoms with Crippen LogP contribution in [0.5, 0.6) is 0 Å². The lowest BCUT2D eigenvalue weighted by Gasteiger charge is -2.26. The van der Waals surface area contributed by atoms with E-state index < -0.39 is 7.12 Å². The van der Waals surface area contributed by atoms with Crippen molar-refractivity contribution in [2.45, 2.75) is 184 Å². The Labute approximate surface area is 472 Å². The van der Waals surface area contributed by atoms with Gasteiger partial charge in [0.15, 0.2) is 0 Å². The molecule has 0 unspecified atom stereocenters. The van der Waals surface area contributed by atoms with E-state index >= 15 is 0 Å². The van der Waals surface area contributed by atoms with Crippen LogP contribution in [0.15, 0.2) is 123 Å². The van der Waals surface area contributed by atoms with Crippen molar-refractivity contribution in [1.29, 1.82) is 0 Å². The summed E-state index contributed by atoms with van der Waals surface area (Å²) in [6, 6.07) is 40.5. The Morgan fingerprint density at radius 3 is 0.824 bits per heavy atom. The summed E-state index contributed by atoms with van der Waals surface area (Å²) in [6.07, 6.45) is 0. The van der Waals surface area contributed by atoms with Crippen LogP contribution in [0.3, 0.4) is 0 Å². The van der Waals surface area contributed by atoms with Crippen LogP contribution < -0.4 is 5.46 Å². The number of halogens is 3. The summed E-state index contributed by atoms with van der Waals surface area (Å²) in [5.41, 5.74) is 14.3. The van der Waals surface area contributed by atoms with Gasteiger partial charge >= 0.3 is 7.12 Å². The Bertz CT molecular complexity index is 3190. The molecule has 8 aromatic carbocycles. The van der Waals surface area contributed by atoms with Gasteiger partial charge in [-0.3, -0.25) is 0 Å². The first-order valence-electron chi connectivity index (χ1n) is 26.8. The Hall–Kier alpha value is -3.78. The third kappa shape index (κ3) is 13.3. The zero-order valence-electron chi connectivity index (χ0n) is 48.3. The summed E-state index contributed by atoms with van der Waals surface area (Å²) in [5, 5.41) is 29.8. The van der Waals surface area contributed by atoms with Gasteiger partial charge in [0, 0.05) is 13.4 Å². The monoisotopic (exact) mass is 1180 g/mol. The third-order valence-corrected chi connectivity index (χ3v) is 16.1. The van der Waals surface area contributed by atoms with Crippen LogP contribution in [0.2, 0.25) is 0 Å². The predicted molar refractivity (Wildman–Crippen MR) is 339 cm³/mol. The fourth-order valence-corrected chi connectivity index (χ4v) is 11.6. The lowest BCUT2D eigenvalue weighted by molar-refractivity contribution is 0.425. The fourth-order valence-electron chi connectivity index (χ4n) is 10.5. The summed E-state index contributed by atoms with van der Waals surface area (Å²) in [4.78, 5) is 0. The molecule has 8 aromatic rings. The molecule has 0 amide bonds. The van der Waals surface area contributed by atoms with Crippen LogP contribution in [-0.4, -0.2) is 17.2 Å². The van der Waals surface area contributed by atoms with Gasteiger partial charge in [0.2, 0.25) is 0 Å². The van der Waals surface area contributed by atoms with Crippen LogP contribution in [0.1, 0.15) is 207 Å². The van der Waals surface area contributed by atoms with Crippen molar-refractivity contribution in [2.75, 3.05) is 0 Å². The molecule has 2 nitrogen and oxygen atoms in total. The van der Waals surface area contributed by atoms with E-state index in [2.05, 4.69) is 283 Å². The van der Waals surface area contributed by atoms with Gasteiger partial charge in [0.25, 0.3) is 0 Å². The highest BCUT2D eigenvalue weighted by Crippen LogP contribution is 2.45. The Morgan fingerprint density at radius 2 is 0.568 bits per heavy atom. The van der Waals surface area contributed by atoms with E-state index in [-0.39, 0.29) is 21.7 Å². The van der Waals surface area contributed by atoms with E-state index in [1.165, 1.54) is 87.6 Å². The quantitative estimate of drug-likeness (QED) is 0.129. The molecule has 0 spiro atoms. The van der Waals surface area contributed by atoms with Gasteiger partial charge < -0.3 is 10.0 Å². The minimum absolute atomic E-state index is 0.00486. The smallest absolute Gasteiger partial charge is 0.423 e. The van der Waals surface area contributed by atoms with Crippen molar-refractivity contribution >= 4 is 103 Å². The lowest BCUT2D eigenvalue weighted by atomic mass is 9.72. The van der Waals surface area contributed by atoms with Crippen molar-refractivity contribution in [3.63, 3.8) is 0 Å². The molecule has 0 saturated carbocycles. The molecular weight excluding hydrogens is 1100 g/mol. The maximum atomic E-state index is 9.36. The molecule has 0 bridgehead atoms. The first kappa shape index (κ1) is 59.5. The number of rotatable bonds is 6. The summed E-state index contributed by atoms with van der Waals surface area (Å²) < 4.78 is 3.44. The molecule has 0 aliphatic rings. The Kier molecular flexibility index (Phi) is 18.2. The SMILES string of the molecule is CC(C)(C)c1cc(B(O)O)cc(C(C)(C)C)c1.CC(C)c1c2ccc(-c3cc(C(C)(C)C)cc(C(C)(C)C)c3)cc2c(C(C)C)c2ccc(Br)cc12.CC(C)c1c2ccc(Br)cc2c(C(C)C)c2ccc(Br)cc12. The zero-order chi connectivity index (χ0) is 55.3. The highest BCUT2D eigenvalue weighted by atomic mass is 79.9. The van der Waals surface area contributed by atoms with Crippen molar-refractivity contribution in [3.05, 3.63) is 167 Å². The topological polar surface area (TPSA) is 40.5 Å². The van der Waals surface area contributed by atoms with E-state index in [9.17, 15) is 10.0 Å². The minimum atomic E-state index is -1.40. The molecule has 0 aliphatic carbocycles. The van der Waals surface area contributed by atoms with E-state index in [0.29, 0.717) is 29.1 Å². The first-order chi connectivity index (χ1) is 34.1. The van der Waals surface area contributed by atoms with Gasteiger partial charge in [-0.1, -0.05) is 253 Å². The lowest BCUT2D eigenvalue weighted by Crippen LogP contribution is -2.33. The Morgan fingerprint density at radius 1 is 0.311 bits per heavy atom. The van der Waals surface area contributed by atoms with Crippen LogP contribution in [0.4, 0.5) is 0 Å². The molecule has 0 radical (unpaired) electrons. The van der Waals surface area contributed by atoms with Gasteiger partial charge in [-0.2, -0.15) is 0 Å². The molecule has 0 saturated heterocycles. The first-order valence-corrected chi connectivity index (χ1v) is 29.2. The van der Waals surface area contributed by atoms with Crippen molar-refractivity contribution < 1.29 is 10.0 Å². The van der Waals surface area contributed by atoms with Crippen LogP contribution in [0, 0.1) is 0 Å². The second-order valence-corrected chi connectivity index (χ2v) is 28.9. The number of hydrogen-bond donors (Lipinski definition) is 2. The van der Waals surface area contributed by atoms with E-state index in [1.807, 2.05) is 12.1 Å². The van der Waals surface area contributed by atoms with E-state index in [4.69, 9.17) is 0 Å². The number of benzene rings is 8. The Balaban J connectivity index is 0.000000196. The predicted octanol–water partition coefficient (Wildman–Crippen LogP) is 21.0. The van der Waals surface area contributed by atoms with Crippen LogP contribution in [0.25, 0.3) is 54.2 Å². The van der Waals surface area contributed by atoms with Crippen LogP contribution in [-0.2, 0) is 21.7 Å². The molecule has 0 aliphatic heterocycles. The van der Waals surface area contributed by atoms with Gasteiger partial charge in [0.1, 0.15) is 0 Å². The summed E-state index contributed by atoms with van der Waals surface area (Å²) in [6.45, 7) is 45.1. The zero-order valence-corrected chi connectivity index (χ0v) is 53.1. The highest BCUT2D eigenvalue weighted by Gasteiger charge is 2.26. The van der Waals surface area contributed by atoms with Gasteiger partial charge in [-0.15, -0.1) is 0 Å². The molecule has 0 heterocycles. The molecule has 0 fully saturated rings. The molecule has 0 aromatic heterocycles.